The van der Waals surface area contributed by atoms with Gasteiger partial charge in [-0.05, 0) is 18.9 Å². The van der Waals surface area contributed by atoms with Gasteiger partial charge < -0.3 is 9.80 Å². The number of carbonyl (C=O) groups excluding carboxylic acids is 2. The van der Waals surface area contributed by atoms with Gasteiger partial charge in [-0.1, -0.05) is 30.3 Å². The van der Waals surface area contributed by atoms with Crippen LogP contribution in [0, 0.1) is 0 Å². The highest BCUT2D eigenvalue weighted by Gasteiger charge is 2.20. The summed E-state index contributed by atoms with van der Waals surface area (Å²) in [5.74, 6) is 0.943. The number of amides is 1. The zero-order valence-electron chi connectivity index (χ0n) is 14.9. The molecule has 6 nitrogen and oxygen atoms in total. The van der Waals surface area contributed by atoms with Crippen molar-refractivity contribution in [3.63, 3.8) is 0 Å². The van der Waals surface area contributed by atoms with Crippen LogP contribution in [0.1, 0.15) is 36.0 Å². The van der Waals surface area contributed by atoms with Crippen LogP contribution >= 0.6 is 0 Å². The number of nitrogens with zero attached hydrogens (tertiary/aromatic N) is 4. The van der Waals surface area contributed by atoms with Crippen molar-refractivity contribution >= 4 is 17.6 Å². The summed E-state index contributed by atoms with van der Waals surface area (Å²) in [6, 6.07) is 11.0. The van der Waals surface area contributed by atoms with E-state index >= 15 is 0 Å². The summed E-state index contributed by atoms with van der Waals surface area (Å²) in [5, 5.41) is 0. The second kappa shape index (κ2) is 9.08. The molecule has 136 valence electrons. The quantitative estimate of drug-likeness (QED) is 0.748. The van der Waals surface area contributed by atoms with Gasteiger partial charge in [0.15, 0.2) is 5.78 Å². The predicted octanol–water partition coefficient (Wildman–Crippen LogP) is 2.57. The number of rotatable bonds is 6. The molecular formula is C20H24N4O2. The minimum absolute atomic E-state index is 0.0988. The normalized spacial score (nSPS) is 14.8. The number of Topliss-reactive ketones (excluding diaryl/α,β-unsaturated/α-hetero) is 1. The minimum Gasteiger partial charge on any atom is -0.341 e. The number of ketones is 1. The summed E-state index contributed by atoms with van der Waals surface area (Å²) in [6.45, 7) is 3.00. The van der Waals surface area contributed by atoms with E-state index in [-0.39, 0.29) is 11.7 Å². The maximum absolute atomic E-state index is 12.5. The summed E-state index contributed by atoms with van der Waals surface area (Å²) in [6.07, 6.45) is 5.79. The highest BCUT2D eigenvalue weighted by Crippen LogP contribution is 2.13. The highest BCUT2D eigenvalue weighted by molar-refractivity contribution is 5.96. The molecule has 1 aliphatic rings. The Morgan fingerprint density at radius 2 is 1.65 bits per heavy atom. The number of anilines is 1. The molecule has 1 saturated heterocycles. The van der Waals surface area contributed by atoms with Gasteiger partial charge >= 0.3 is 0 Å². The molecule has 0 unspecified atom stereocenters. The second-order valence-electron chi connectivity index (χ2n) is 6.41. The van der Waals surface area contributed by atoms with Gasteiger partial charge in [-0.2, -0.15) is 0 Å². The van der Waals surface area contributed by atoms with Crippen LogP contribution in [0.4, 0.5) is 5.95 Å². The lowest BCUT2D eigenvalue weighted by atomic mass is 10.1. The molecule has 0 radical (unpaired) electrons. The monoisotopic (exact) mass is 352 g/mol. The molecule has 1 amide bonds. The smallest absolute Gasteiger partial charge is 0.225 e. The molecule has 0 atom stereocenters. The molecule has 0 bridgehead atoms. The van der Waals surface area contributed by atoms with Crippen LogP contribution in [0.2, 0.25) is 0 Å². The van der Waals surface area contributed by atoms with Crippen molar-refractivity contribution in [1.82, 2.24) is 14.9 Å². The zero-order valence-corrected chi connectivity index (χ0v) is 14.9. The molecule has 1 aliphatic heterocycles. The Labute approximate surface area is 153 Å². The first kappa shape index (κ1) is 18.0. The highest BCUT2D eigenvalue weighted by atomic mass is 16.2. The van der Waals surface area contributed by atoms with Crippen molar-refractivity contribution in [2.45, 2.75) is 25.7 Å². The molecule has 0 saturated carbocycles. The number of benzene rings is 1. The Balaban J connectivity index is 1.44. The standard InChI is InChI=1S/C20H24N4O2/c25-18(17-7-2-1-3-8-17)9-4-10-19(26)23-13-6-14-24(16-15-23)20-21-11-5-12-22-20/h1-3,5,7-8,11-12H,4,6,9-10,13-16H2. The molecule has 1 aromatic carbocycles. The van der Waals surface area contributed by atoms with E-state index in [0.717, 1.165) is 32.0 Å². The lowest BCUT2D eigenvalue weighted by molar-refractivity contribution is -0.131. The van der Waals surface area contributed by atoms with Crippen LogP contribution < -0.4 is 4.90 Å². The number of aromatic nitrogens is 2. The van der Waals surface area contributed by atoms with Crippen LogP contribution in [-0.4, -0.2) is 52.7 Å². The van der Waals surface area contributed by atoms with Crippen molar-refractivity contribution in [2.24, 2.45) is 0 Å². The summed E-state index contributed by atoms with van der Waals surface area (Å²) in [5.41, 5.74) is 0.716. The largest absolute Gasteiger partial charge is 0.341 e. The van der Waals surface area contributed by atoms with E-state index in [2.05, 4.69) is 14.9 Å². The Morgan fingerprint density at radius 3 is 2.42 bits per heavy atom. The van der Waals surface area contributed by atoms with Crippen molar-refractivity contribution in [1.29, 1.82) is 0 Å². The predicted molar refractivity (Wildman–Crippen MR) is 100 cm³/mol. The van der Waals surface area contributed by atoms with Gasteiger partial charge in [-0.15, -0.1) is 0 Å². The van der Waals surface area contributed by atoms with E-state index in [1.807, 2.05) is 35.2 Å². The fraction of sp³-hybridized carbons (Fsp3) is 0.400. The Kier molecular flexibility index (Phi) is 6.30. The van der Waals surface area contributed by atoms with Gasteiger partial charge in [0.25, 0.3) is 0 Å². The summed E-state index contributed by atoms with van der Waals surface area (Å²) >= 11 is 0. The second-order valence-corrected chi connectivity index (χ2v) is 6.41. The number of hydrogen-bond acceptors (Lipinski definition) is 5. The molecule has 2 heterocycles. The molecule has 6 heteroatoms. The molecular weight excluding hydrogens is 328 g/mol. The third-order valence-corrected chi connectivity index (χ3v) is 4.57. The van der Waals surface area contributed by atoms with E-state index in [9.17, 15) is 9.59 Å². The average molecular weight is 352 g/mol. The molecule has 0 aliphatic carbocycles. The maximum atomic E-state index is 12.5. The van der Waals surface area contributed by atoms with Gasteiger partial charge in [-0.25, -0.2) is 9.97 Å². The minimum atomic E-state index is 0.0988. The fourth-order valence-corrected chi connectivity index (χ4v) is 3.15. The van der Waals surface area contributed by atoms with Crippen LogP contribution in [0.25, 0.3) is 0 Å². The van der Waals surface area contributed by atoms with Crippen LogP contribution in [-0.2, 0) is 4.79 Å². The topological polar surface area (TPSA) is 66.4 Å². The lowest BCUT2D eigenvalue weighted by Gasteiger charge is -2.22. The molecule has 2 aromatic rings. The lowest BCUT2D eigenvalue weighted by Crippen LogP contribution is -2.35. The first-order chi connectivity index (χ1) is 12.7. The van der Waals surface area contributed by atoms with Gasteiger partial charge in [0.2, 0.25) is 11.9 Å². The van der Waals surface area contributed by atoms with Crippen LogP contribution in [0.5, 0.6) is 0 Å². The van der Waals surface area contributed by atoms with Gasteiger partial charge in [0.1, 0.15) is 0 Å². The first-order valence-electron chi connectivity index (χ1n) is 9.12. The Hall–Kier alpha value is -2.76. The van der Waals surface area contributed by atoms with Crippen molar-refractivity contribution in [3.8, 4) is 0 Å². The zero-order chi connectivity index (χ0) is 18.2. The Morgan fingerprint density at radius 1 is 0.885 bits per heavy atom. The van der Waals surface area contributed by atoms with Crippen molar-refractivity contribution in [3.05, 3.63) is 54.4 Å². The summed E-state index contributed by atoms with van der Waals surface area (Å²) < 4.78 is 0. The first-order valence-corrected chi connectivity index (χ1v) is 9.12. The third kappa shape index (κ3) is 4.88. The molecule has 0 N–H and O–H groups in total. The van der Waals surface area contributed by atoms with E-state index < -0.39 is 0 Å². The average Bonchev–Trinajstić information content (AvgIpc) is 2.95. The molecule has 3 rings (SSSR count). The molecule has 0 spiro atoms. The number of hydrogen-bond donors (Lipinski definition) is 0. The van der Waals surface area contributed by atoms with Gasteiger partial charge in [-0.3, -0.25) is 9.59 Å². The van der Waals surface area contributed by atoms with E-state index in [0.29, 0.717) is 31.4 Å². The third-order valence-electron chi connectivity index (χ3n) is 4.57. The van der Waals surface area contributed by atoms with Crippen LogP contribution in [0.15, 0.2) is 48.8 Å². The van der Waals surface area contributed by atoms with Crippen molar-refractivity contribution in [2.75, 3.05) is 31.1 Å². The molecule has 1 aromatic heterocycles. The Bertz CT molecular complexity index is 721. The van der Waals surface area contributed by atoms with E-state index in [1.165, 1.54) is 0 Å². The van der Waals surface area contributed by atoms with E-state index in [4.69, 9.17) is 0 Å². The van der Waals surface area contributed by atoms with E-state index in [1.54, 1.807) is 18.5 Å². The molecule has 1 fully saturated rings. The summed E-state index contributed by atoms with van der Waals surface area (Å²) in [7, 11) is 0. The maximum Gasteiger partial charge on any atom is 0.225 e. The molecule has 26 heavy (non-hydrogen) atoms. The van der Waals surface area contributed by atoms with Crippen molar-refractivity contribution < 1.29 is 9.59 Å². The van der Waals surface area contributed by atoms with Gasteiger partial charge in [0, 0.05) is 57.0 Å². The number of carbonyl (C=O) groups is 2. The fourth-order valence-electron chi connectivity index (χ4n) is 3.15. The summed E-state index contributed by atoms with van der Waals surface area (Å²) in [4.78, 5) is 37.2. The SMILES string of the molecule is O=C(CCCC(=O)N1CCCN(c2ncccn2)CC1)c1ccccc1. The van der Waals surface area contributed by atoms with Gasteiger partial charge in [0.05, 0.1) is 0 Å². The van der Waals surface area contributed by atoms with Crippen LogP contribution in [0.3, 0.4) is 0 Å².